The number of pyridine rings is 1. The van der Waals surface area contributed by atoms with E-state index < -0.39 is 0 Å². The van der Waals surface area contributed by atoms with E-state index in [9.17, 15) is 14.4 Å². The maximum absolute atomic E-state index is 12.9. The van der Waals surface area contributed by atoms with Crippen molar-refractivity contribution in [3.63, 3.8) is 0 Å². The van der Waals surface area contributed by atoms with Crippen molar-refractivity contribution >= 4 is 11.8 Å². The number of aromatic nitrogens is 1. The quantitative estimate of drug-likeness (QED) is 0.868. The molecule has 1 N–H and O–H groups in total. The van der Waals surface area contributed by atoms with E-state index in [0.29, 0.717) is 31.7 Å². The molecule has 6 heteroatoms. The Balaban J connectivity index is 1.62. The second-order valence-electron chi connectivity index (χ2n) is 8.16. The number of fused-ring (bicyclic) bond motifs is 1. The van der Waals surface area contributed by atoms with E-state index in [1.165, 1.54) is 17.2 Å². The number of likely N-dealkylation sites (tertiary alicyclic amines) is 2. The second kappa shape index (κ2) is 7.85. The van der Waals surface area contributed by atoms with Gasteiger partial charge in [0.25, 0.3) is 5.91 Å². The molecule has 2 saturated heterocycles. The van der Waals surface area contributed by atoms with Gasteiger partial charge in [0, 0.05) is 44.0 Å². The number of aromatic amines is 1. The lowest BCUT2D eigenvalue weighted by Crippen LogP contribution is -2.38. The van der Waals surface area contributed by atoms with E-state index in [2.05, 4.69) is 24.0 Å². The summed E-state index contributed by atoms with van der Waals surface area (Å²) in [6.07, 6.45) is 1.38. The Hall–Kier alpha value is -2.89. The van der Waals surface area contributed by atoms with Gasteiger partial charge in [-0.1, -0.05) is 37.3 Å². The lowest BCUT2D eigenvalue weighted by molar-refractivity contribution is -0.132. The Bertz CT molecular complexity index is 983. The Morgan fingerprint density at radius 3 is 2.59 bits per heavy atom. The van der Waals surface area contributed by atoms with Gasteiger partial charge < -0.3 is 14.8 Å². The molecule has 2 aliphatic heterocycles. The molecule has 0 bridgehead atoms. The molecule has 0 unspecified atom stereocenters. The Kier molecular flexibility index (Phi) is 5.26. The van der Waals surface area contributed by atoms with Crippen LogP contribution >= 0.6 is 0 Å². The van der Waals surface area contributed by atoms with Gasteiger partial charge in [-0.2, -0.15) is 0 Å². The fraction of sp³-hybridized carbons (Fsp3) is 0.435. The highest BCUT2D eigenvalue weighted by molar-refractivity contribution is 5.92. The maximum atomic E-state index is 12.9. The van der Waals surface area contributed by atoms with E-state index in [1.54, 1.807) is 12.1 Å². The molecule has 3 heterocycles. The number of rotatable bonds is 4. The van der Waals surface area contributed by atoms with Crippen molar-refractivity contribution in [3.8, 4) is 0 Å². The smallest absolute Gasteiger partial charge is 0.270 e. The molecule has 1 aromatic carbocycles. The number of benzene rings is 1. The number of aryl methyl sites for hydroxylation is 1. The molecular formula is C23H27N3O3. The topological polar surface area (TPSA) is 73.5 Å². The van der Waals surface area contributed by atoms with Crippen molar-refractivity contribution < 1.29 is 9.59 Å². The zero-order chi connectivity index (χ0) is 20.5. The average molecular weight is 393 g/mol. The number of H-pyrrole nitrogens is 1. The standard InChI is InChI=1S/C23H27N3O3/c1-3-7-21(28)26-13-16-12-25(23(29)19-10-6-11-20(27)24-19)14-18(16)22(26)17-9-5-4-8-15(17)2/h4-6,8-11,16,18,22H,3,7,12-14H2,1-2H3,(H,24,27)/t16-,18-,22+/m0/s1. The molecule has 4 rings (SSSR count). The van der Waals surface area contributed by atoms with E-state index in [1.807, 2.05) is 28.9 Å². The molecule has 2 aliphatic rings. The number of hydrogen-bond acceptors (Lipinski definition) is 3. The molecule has 2 amide bonds. The lowest BCUT2D eigenvalue weighted by atomic mass is 9.87. The SMILES string of the molecule is CCCC(=O)N1C[C@@H]2CN(C(=O)c3cccc(=O)[nH]3)C[C@@H]2[C@H]1c1ccccc1C. The third-order valence-electron chi connectivity index (χ3n) is 6.24. The van der Waals surface area contributed by atoms with Gasteiger partial charge in [-0.25, -0.2) is 0 Å². The van der Waals surface area contributed by atoms with Gasteiger partial charge in [0.1, 0.15) is 5.69 Å². The van der Waals surface area contributed by atoms with Crippen LogP contribution in [-0.2, 0) is 4.79 Å². The molecule has 6 nitrogen and oxygen atoms in total. The first-order valence-corrected chi connectivity index (χ1v) is 10.3. The van der Waals surface area contributed by atoms with Crippen LogP contribution in [0.2, 0.25) is 0 Å². The summed E-state index contributed by atoms with van der Waals surface area (Å²) in [5.74, 6) is 0.503. The molecule has 152 valence electrons. The van der Waals surface area contributed by atoms with Gasteiger partial charge in [0.05, 0.1) is 6.04 Å². The van der Waals surface area contributed by atoms with Crippen LogP contribution in [-0.4, -0.2) is 46.2 Å². The zero-order valence-corrected chi connectivity index (χ0v) is 16.9. The van der Waals surface area contributed by atoms with Gasteiger partial charge in [-0.15, -0.1) is 0 Å². The first-order chi connectivity index (χ1) is 14.0. The number of hydrogen-bond donors (Lipinski definition) is 1. The molecule has 1 aromatic heterocycles. The summed E-state index contributed by atoms with van der Waals surface area (Å²) in [5.41, 5.74) is 2.39. The fourth-order valence-electron chi connectivity index (χ4n) is 4.88. The third-order valence-corrected chi connectivity index (χ3v) is 6.24. The number of carbonyl (C=O) groups is 2. The molecule has 0 aliphatic carbocycles. The van der Waals surface area contributed by atoms with Crippen molar-refractivity contribution in [2.75, 3.05) is 19.6 Å². The van der Waals surface area contributed by atoms with Crippen LogP contribution in [0.15, 0.2) is 47.3 Å². The maximum Gasteiger partial charge on any atom is 0.270 e. The summed E-state index contributed by atoms with van der Waals surface area (Å²) in [6.45, 7) is 5.99. The number of nitrogens with one attached hydrogen (secondary N) is 1. The Morgan fingerprint density at radius 2 is 1.86 bits per heavy atom. The molecule has 0 radical (unpaired) electrons. The minimum atomic E-state index is -0.274. The van der Waals surface area contributed by atoms with Crippen molar-refractivity contribution in [2.24, 2.45) is 11.8 Å². The van der Waals surface area contributed by atoms with Crippen LogP contribution in [0.25, 0.3) is 0 Å². The lowest BCUT2D eigenvalue weighted by Gasteiger charge is -2.31. The molecule has 29 heavy (non-hydrogen) atoms. The molecule has 2 fully saturated rings. The van der Waals surface area contributed by atoms with Gasteiger partial charge >= 0.3 is 0 Å². The number of amides is 2. The van der Waals surface area contributed by atoms with Gasteiger partial charge in [-0.05, 0) is 30.5 Å². The van der Waals surface area contributed by atoms with Crippen LogP contribution in [0.3, 0.4) is 0 Å². The Morgan fingerprint density at radius 1 is 1.07 bits per heavy atom. The molecule has 0 spiro atoms. The zero-order valence-electron chi connectivity index (χ0n) is 16.9. The summed E-state index contributed by atoms with van der Waals surface area (Å²) in [4.78, 5) is 43.9. The Labute approximate surface area is 170 Å². The van der Waals surface area contributed by atoms with E-state index in [-0.39, 0.29) is 35.3 Å². The van der Waals surface area contributed by atoms with Gasteiger partial charge in [-0.3, -0.25) is 14.4 Å². The van der Waals surface area contributed by atoms with Crippen LogP contribution in [0.1, 0.15) is 47.4 Å². The first kappa shape index (κ1) is 19.4. The van der Waals surface area contributed by atoms with Crippen molar-refractivity contribution in [1.82, 2.24) is 14.8 Å². The monoisotopic (exact) mass is 393 g/mol. The number of carbonyl (C=O) groups excluding carboxylic acids is 2. The highest BCUT2D eigenvalue weighted by Gasteiger charge is 2.50. The van der Waals surface area contributed by atoms with E-state index in [4.69, 9.17) is 0 Å². The highest BCUT2D eigenvalue weighted by Crippen LogP contribution is 2.46. The number of nitrogens with zero attached hydrogens (tertiary/aromatic N) is 2. The minimum Gasteiger partial charge on any atom is -0.337 e. The predicted octanol–water partition coefficient (Wildman–Crippen LogP) is 2.76. The minimum absolute atomic E-state index is 0.00660. The van der Waals surface area contributed by atoms with Crippen LogP contribution in [0, 0.1) is 18.8 Å². The molecule has 0 saturated carbocycles. The van der Waals surface area contributed by atoms with E-state index in [0.717, 1.165) is 6.42 Å². The van der Waals surface area contributed by atoms with Crippen molar-refractivity contribution in [2.45, 2.75) is 32.7 Å². The van der Waals surface area contributed by atoms with Crippen molar-refractivity contribution in [3.05, 3.63) is 69.6 Å². The first-order valence-electron chi connectivity index (χ1n) is 10.3. The summed E-state index contributed by atoms with van der Waals surface area (Å²) in [5, 5.41) is 0. The molecular weight excluding hydrogens is 366 g/mol. The summed E-state index contributed by atoms with van der Waals surface area (Å²) in [7, 11) is 0. The average Bonchev–Trinajstić information content (AvgIpc) is 3.26. The van der Waals surface area contributed by atoms with Crippen LogP contribution in [0.4, 0.5) is 0 Å². The van der Waals surface area contributed by atoms with Crippen LogP contribution in [0.5, 0.6) is 0 Å². The van der Waals surface area contributed by atoms with Gasteiger partial charge in [0.2, 0.25) is 11.5 Å². The molecule has 3 atom stereocenters. The second-order valence-corrected chi connectivity index (χ2v) is 8.16. The summed E-state index contributed by atoms with van der Waals surface area (Å²) >= 11 is 0. The highest BCUT2D eigenvalue weighted by atomic mass is 16.2. The third kappa shape index (κ3) is 3.59. The largest absolute Gasteiger partial charge is 0.337 e. The van der Waals surface area contributed by atoms with E-state index >= 15 is 0 Å². The fourth-order valence-corrected chi connectivity index (χ4v) is 4.88. The summed E-state index contributed by atoms with van der Waals surface area (Å²) in [6, 6.07) is 12.9. The van der Waals surface area contributed by atoms with Crippen LogP contribution < -0.4 is 5.56 Å². The predicted molar refractivity (Wildman–Crippen MR) is 110 cm³/mol. The summed E-state index contributed by atoms with van der Waals surface area (Å²) < 4.78 is 0. The molecule has 2 aromatic rings. The normalized spacial score (nSPS) is 23.3. The van der Waals surface area contributed by atoms with Gasteiger partial charge in [0.15, 0.2) is 0 Å². The van der Waals surface area contributed by atoms with Crippen molar-refractivity contribution in [1.29, 1.82) is 0 Å².